The zero-order valence-corrected chi connectivity index (χ0v) is 17.8. The fourth-order valence-corrected chi connectivity index (χ4v) is 2.73. The number of Topliss-reactive ketones (excluding diaryl/α,β-unsaturated/α-hetero) is 1. The highest BCUT2D eigenvalue weighted by Gasteiger charge is 2.17. The third kappa shape index (κ3) is 5.76. The minimum absolute atomic E-state index is 0. The van der Waals surface area contributed by atoms with Crippen LogP contribution < -0.4 is 11.1 Å². The molecule has 0 fully saturated rings. The van der Waals surface area contributed by atoms with E-state index in [1.54, 1.807) is 29.9 Å². The number of nitrogens with one attached hydrogen (secondary N) is 1. The number of carbonyl (C=O) groups excluding carboxylic acids is 1. The third-order valence-corrected chi connectivity index (χ3v) is 4.25. The van der Waals surface area contributed by atoms with Crippen molar-refractivity contribution >= 4 is 42.0 Å². The van der Waals surface area contributed by atoms with Crippen molar-refractivity contribution in [1.82, 2.24) is 15.0 Å². The van der Waals surface area contributed by atoms with Crippen LogP contribution in [-0.4, -0.2) is 25.7 Å². The summed E-state index contributed by atoms with van der Waals surface area (Å²) < 4.78 is 1.62. The summed E-state index contributed by atoms with van der Waals surface area (Å²) in [7, 11) is 0. The number of nitro benzene ring substituents is 1. The molecule has 1 aromatic heterocycles. The van der Waals surface area contributed by atoms with Gasteiger partial charge in [0.2, 0.25) is 0 Å². The molecule has 0 amide bonds. The molecule has 0 atom stereocenters. The number of halogens is 2. The second-order valence-electron chi connectivity index (χ2n) is 6.15. The van der Waals surface area contributed by atoms with Gasteiger partial charge in [-0.25, -0.2) is 4.68 Å². The Labute approximate surface area is 185 Å². The molecule has 0 radical (unpaired) electrons. The first-order chi connectivity index (χ1) is 13.5. The van der Waals surface area contributed by atoms with Crippen molar-refractivity contribution in [3.8, 4) is 5.69 Å². The second kappa shape index (κ2) is 11.2. The molecule has 0 saturated heterocycles. The molecule has 3 aromatic rings. The molecule has 3 rings (SSSR count). The minimum Gasteiger partial charge on any atom is -0.375 e. The number of anilines is 1. The first-order valence-corrected chi connectivity index (χ1v) is 8.78. The van der Waals surface area contributed by atoms with Crippen molar-refractivity contribution in [3.05, 3.63) is 75.6 Å². The Kier molecular flexibility index (Phi) is 9.38. The molecule has 160 valence electrons. The summed E-state index contributed by atoms with van der Waals surface area (Å²) in [6.45, 7) is 2.40. The fourth-order valence-electron chi connectivity index (χ4n) is 2.73. The van der Waals surface area contributed by atoms with Crippen LogP contribution in [0.1, 0.15) is 35.0 Å². The highest BCUT2D eigenvalue weighted by Crippen LogP contribution is 2.27. The number of ketones is 1. The summed E-state index contributed by atoms with van der Waals surface area (Å²) in [6, 6.07) is 12.0. The molecule has 30 heavy (non-hydrogen) atoms. The average molecular weight is 453 g/mol. The van der Waals surface area contributed by atoms with Gasteiger partial charge in [0.05, 0.1) is 22.5 Å². The summed E-state index contributed by atoms with van der Waals surface area (Å²) >= 11 is 0. The van der Waals surface area contributed by atoms with Crippen LogP contribution in [0.2, 0.25) is 0 Å². The van der Waals surface area contributed by atoms with E-state index in [1.807, 2.05) is 24.3 Å². The van der Waals surface area contributed by atoms with Crippen molar-refractivity contribution in [2.24, 2.45) is 5.73 Å². The lowest BCUT2D eigenvalue weighted by atomic mass is 10.1. The number of nitrogens with zero attached hydrogens (tertiary/aromatic N) is 4. The molecule has 0 unspecified atom stereocenters. The Morgan fingerprint density at radius 2 is 2.00 bits per heavy atom. The topological polar surface area (TPSA) is 129 Å². The highest BCUT2D eigenvalue weighted by atomic mass is 35.5. The minimum atomic E-state index is -0.491. The molecule has 0 aliphatic rings. The van der Waals surface area contributed by atoms with Crippen LogP contribution in [0.5, 0.6) is 0 Å². The number of rotatable bonds is 8. The molecule has 11 heteroatoms. The number of carbonyl (C=O) groups is 1. The Balaban J connectivity index is 0.00000225. The van der Waals surface area contributed by atoms with Crippen LogP contribution >= 0.6 is 24.8 Å². The summed E-state index contributed by atoms with van der Waals surface area (Å²) in [5.74, 6) is -0.132. The van der Waals surface area contributed by atoms with E-state index in [-0.39, 0.29) is 36.3 Å². The van der Waals surface area contributed by atoms with Crippen LogP contribution in [0.3, 0.4) is 0 Å². The molecule has 9 nitrogen and oxygen atoms in total. The zero-order chi connectivity index (χ0) is 20.1. The Morgan fingerprint density at radius 3 is 2.63 bits per heavy atom. The molecule has 3 N–H and O–H groups in total. The van der Waals surface area contributed by atoms with Gasteiger partial charge < -0.3 is 11.1 Å². The Morgan fingerprint density at radius 1 is 1.23 bits per heavy atom. The van der Waals surface area contributed by atoms with Crippen molar-refractivity contribution in [2.75, 3.05) is 5.32 Å². The molecule has 0 saturated carbocycles. The number of hydrogen-bond donors (Lipinski definition) is 2. The van der Waals surface area contributed by atoms with E-state index in [0.717, 1.165) is 11.3 Å². The van der Waals surface area contributed by atoms with Crippen LogP contribution in [0.4, 0.5) is 11.4 Å². The maximum atomic E-state index is 11.8. The molecular formula is C19H22Cl2N6O3. The van der Waals surface area contributed by atoms with Crippen molar-refractivity contribution in [3.63, 3.8) is 0 Å². The second-order valence-corrected chi connectivity index (χ2v) is 6.15. The SMILES string of the molecule is CCC(=O)c1ccc(NCc2cccc(-n3cc(CN)nn3)c2)c([N+](=O)[O-])c1.Cl.Cl. The Hall–Kier alpha value is -3.01. The predicted octanol–water partition coefficient (Wildman–Crippen LogP) is 3.68. The summed E-state index contributed by atoms with van der Waals surface area (Å²) in [5.41, 5.74) is 8.52. The molecule has 0 bridgehead atoms. The maximum absolute atomic E-state index is 11.8. The van der Waals surface area contributed by atoms with E-state index in [2.05, 4.69) is 15.6 Å². The van der Waals surface area contributed by atoms with Gasteiger partial charge in [0.1, 0.15) is 5.69 Å². The van der Waals surface area contributed by atoms with Crippen LogP contribution in [-0.2, 0) is 13.1 Å². The zero-order valence-electron chi connectivity index (χ0n) is 16.1. The molecular weight excluding hydrogens is 431 g/mol. The van der Waals surface area contributed by atoms with Gasteiger partial charge in [-0.2, -0.15) is 0 Å². The fraction of sp³-hybridized carbons (Fsp3) is 0.211. The monoisotopic (exact) mass is 452 g/mol. The van der Waals surface area contributed by atoms with Gasteiger partial charge in [-0.1, -0.05) is 24.3 Å². The predicted molar refractivity (Wildman–Crippen MR) is 119 cm³/mol. The van der Waals surface area contributed by atoms with Crippen LogP contribution in [0.25, 0.3) is 5.69 Å². The quantitative estimate of drug-likeness (QED) is 0.302. The molecule has 0 spiro atoms. The number of nitro groups is 1. The third-order valence-electron chi connectivity index (χ3n) is 4.25. The Bertz CT molecular complexity index is 1030. The molecule has 0 aliphatic heterocycles. The van der Waals surface area contributed by atoms with Gasteiger partial charge in [-0.15, -0.1) is 29.9 Å². The number of hydrogen-bond acceptors (Lipinski definition) is 7. The standard InChI is InChI=1S/C19H20N6O3.2ClH/c1-2-19(26)14-6-7-17(18(9-14)25(27)28)21-11-13-4-3-5-16(8-13)24-12-15(10-20)22-23-24;;/h3-9,12,21H,2,10-11,20H2,1H3;2*1H. The molecule has 0 aliphatic carbocycles. The maximum Gasteiger partial charge on any atom is 0.293 e. The van der Waals surface area contributed by atoms with E-state index in [4.69, 9.17) is 5.73 Å². The number of aromatic nitrogens is 3. The smallest absolute Gasteiger partial charge is 0.293 e. The van der Waals surface area contributed by atoms with E-state index in [1.165, 1.54) is 6.07 Å². The van der Waals surface area contributed by atoms with Gasteiger partial charge in [0.15, 0.2) is 5.78 Å². The molecule has 2 aromatic carbocycles. The highest BCUT2D eigenvalue weighted by molar-refractivity contribution is 5.97. The van der Waals surface area contributed by atoms with E-state index in [9.17, 15) is 14.9 Å². The van der Waals surface area contributed by atoms with Gasteiger partial charge >= 0.3 is 0 Å². The normalized spacial score (nSPS) is 9.93. The number of nitrogens with two attached hydrogens (primary N) is 1. The van der Waals surface area contributed by atoms with Gasteiger partial charge in [-0.3, -0.25) is 14.9 Å². The lowest BCUT2D eigenvalue weighted by Crippen LogP contribution is -2.05. The lowest BCUT2D eigenvalue weighted by Gasteiger charge is -2.09. The van der Waals surface area contributed by atoms with Crippen LogP contribution in [0.15, 0.2) is 48.7 Å². The van der Waals surface area contributed by atoms with E-state index in [0.29, 0.717) is 36.5 Å². The summed E-state index contributed by atoms with van der Waals surface area (Å²) in [5, 5.41) is 22.5. The summed E-state index contributed by atoms with van der Waals surface area (Å²) in [4.78, 5) is 22.7. The van der Waals surface area contributed by atoms with Gasteiger partial charge in [0, 0.05) is 31.1 Å². The average Bonchev–Trinajstić information content (AvgIpc) is 3.21. The van der Waals surface area contributed by atoms with Crippen molar-refractivity contribution in [2.45, 2.75) is 26.4 Å². The van der Waals surface area contributed by atoms with E-state index >= 15 is 0 Å². The van der Waals surface area contributed by atoms with Crippen LogP contribution in [0, 0.1) is 10.1 Å². The van der Waals surface area contributed by atoms with Crippen molar-refractivity contribution < 1.29 is 9.72 Å². The first-order valence-electron chi connectivity index (χ1n) is 8.78. The lowest BCUT2D eigenvalue weighted by molar-refractivity contribution is -0.384. The largest absolute Gasteiger partial charge is 0.375 e. The number of benzene rings is 2. The van der Waals surface area contributed by atoms with Gasteiger partial charge in [-0.05, 0) is 29.8 Å². The van der Waals surface area contributed by atoms with E-state index < -0.39 is 4.92 Å². The first kappa shape index (κ1) is 25.0. The van der Waals surface area contributed by atoms with Gasteiger partial charge in [0.25, 0.3) is 5.69 Å². The molecule has 1 heterocycles. The summed E-state index contributed by atoms with van der Waals surface area (Å²) in [6.07, 6.45) is 2.05. The van der Waals surface area contributed by atoms with Crippen molar-refractivity contribution in [1.29, 1.82) is 0 Å².